The minimum atomic E-state index is -0.419. The van der Waals surface area contributed by atoms with Crippen molar-refractivity contribution >= 4 is 38.3 Å². The Labute approximate surface area is 128 Å². The molecule has 0 fully saturated rings. The normalized spacial score (nSPS) is 10.7. The number of nitro groups is 1. The molecule has 1 N–H and O–H groups in total. The van der Waals surface area contributed by atoms with E-state index in [1.54, 1.807) is 18.4 Å². The molecule has 0 amide bonds. The van der Waals surface area contributed by atoms with Crippen molar-refractivity contribution in [2.75, 3.05) is 5.32 Å². The Bertz CT molecular complexity index is 814. The van der Waals surface area contributed by atoms with Gasteiger partial charge in [-0.15, -0.1) is 0 Å². The Kier molecular flexibility index (Phi) is 3.62. The third-order valence-electron chi connectivity index (χ3n) is 3.19. The fourth-order valence-electron chi connectivity index (χ4n) is 2.13. The van der Waals surface area contributed by atoms with Gasteiger partial charge in [-0.25, -0.2) is 0 Å². The number of fused-ring (bicyclic) bond motifs is 1. The van der Waals surface area contributed by atoms with Gasteiger partial charge in [0.2, 0.25) is 0 Å². The first-order valence-electron chi connectivity index (χ1n) is 6.28. The number of nitro benzene ring substituents is 1. The van der Waals surface area contributed by atoms with Crippen molar-refractivity contribution < 1.29 is 9.34 Å². The van der Waals surface area contributed by atoms with Crippen LogP contribution in [0.5, 0.6) is 0 Å². The molecule has 1 heterocycles. The van der Waals surface area contributed by atoms with Gasteiger partial charge in [-0.3, -0.25) is 10.1 Å². The highest BCUT2D eigenvalue weighted by molar-refractivity contribution is 9.10. The lowest BCUT2D eigenvalue weighted by atomic mass is 10.2. The summed E-state index contributed by atoms with van der Waals surface area (Å²) in [4.78, 5) is 10.3. The first-order valence-corrected chi connectivity index (χ1v) is 7.07. The molecule has 6 heteroatoms. The van der Waals surface area contributed by atoms with Crippen LogP contribution in [-0.4, -0.2) is 4.92 Å². The number of anilines is 1. The zero-order valence-electron chi connectivity index (χ0n) is 10.9. The second-order valence-corrected chi connectivity index (χ2v) is 5.39. The lowest BCUT2D eigenvalue weighted by Crippen LogP contribution is -1.99. The second-order valence-electron chi connectivity index (χ2n) is 4.53. The van der Waals surface area contributed by atoms with E-state index < -0.39 is 4.92 Å². The van der Waals surface area contributed by atoms with E-state index >= 15 is 0 Å². The van der Waals surface area contributed by atoms with Crippen molar-refractivity contribution in [3.63, 3.8) is 0 Å². The van der Waals surface area contributed by atoms with Gasteiger partial charge in [-0.2, -0.15) is 0 Å². The summed E-state index contributed by atoms with van der Waals surface area (Å²) in [5.74, 6) is 0. The maximum absolute atomic E-state index is 10.8. The zero-order chi connectivity index (χ0) is 14.8. The number of nitrogens with zero attached hydrogens (tertiary/aromatic N) is 1. The van der Waals surface area contributed by atoms with Gasteiger partial charge in [0.15, 0.2) is 0 Å². The van der Waals surface area contributed by atoms with Crippen LogP contribution in [0.2, 0.25) is 0 Å². The first kappa shape index (κ1) is 13.6. The van der Waals surface area contributed by atoms with Gasteiger partial charge in [0.1, 0.15) is 5.58 Å². The summed E-state index contributed by atoms with van der Waals surface area (Å²) in [5, 5.41) is 15.1. The molecular formula is C15H11BrN2O3. The summed E-state index contributed by atoms with van der Waals surface area (Å²) in [6, 6.07) is 12.7. The van der Waals surface area contributed by atoms with E-state index in [0.29, 0.717) is 11.0 Å². The lowest BCUT2D eigenvalue weighted by molar-refractivity contribution is -0.385. The molecule has 106 valence electrons. The molecule has 0 spiro atoms. The largest absolute Gasteiger partial charge is 0.464 e. The van der Waals surface area contributed by atoms with Crippen LogP contribution in [0, 0.1) is 10.1 Å². The molecule has 2 aromatic carbocycles. The molecule has 5 nitrogen and oxygen atoms in total. The van der Waals surface area contributed by atoms with E-state index in [-0.39, 0.29) is 5.69 Å². The molecule has 0 saturated carbocycles. The van der Waals surface area contributed by atoms with Crippen LogP contribution in [0.3, 0.4) is 0 Å². The van der Waals surface area contributed by atoms with E-state index in [2.05, 4.69) is 21.2 Å². The third kappa shape index (κ3) is 2.75. The van der Waals surface area contributed by atoms with Crippen LogP contribution < -0.4 is 5.32 Å². The van der Waals surface area contributed by atoms with Crippen molar-refractivity contribution in [2.24, 2.45) is 0 Å². The number of nitrogens with one attached hydrogen (secondary N) is 1. The van der Waals surface area contributed by atoms with Crippen molar-refractivity contribution in [2.45, 2.75) is 6.54 Å². The monoisotopic (exact) mass is 346 g/mol. The van der Waals surface area contributed by atoms with Crippen molar-refractivity contribution in [3.05, 3.63) is 68.9 Å². The molecule has 3 aromatic rings. The summed E-state index contributed by atoms with van der Waals surface area (Å²) >= 11 is 3.21. The summed E-state index contributed by atoms with van der Waals surface area (Å²) in [5.41, 5.74) is 2.74. The molecule has 0 aliphatic heterocycles. The van der Waals surface area contributed by atoms with Gasteiger partial charge < -0.3 is 9.73 Å². The maximum Gasteiger partial charge on any atom is 0.283 e. The lowest BCUT2D eigenvalue weighted by Gasteiger charge is -2.06. The molecule has 3 rings (SSSR count). The molecular weight excluding hydrogens is 336 g/mol. The predicted octanol–water partition coefficient (Wildman–Crippen LogP) is 4.72. The van der Waals surface area contributed by atoms with Crippen LogP contribution in [0.25, 0.3) is 11.0 Å². The molecule has 0 unspecified atom stereocenters. The van der Waals surface area contributed by atoms with Crippen molar-refractivity contribution in [3.8, 4) is 0 Å². The molecule has 1 aromatic heterocycles. The summed E-state index contributed by atoms with van der Waals surface area (Å²) in [7, 11) is 0. The van der Waals surface area contributed by atoms with Crippen molar-refractivity contribution in [1.29, 1.82) is 0 Å². The van der Waals surface area contributed by atoms with Crippen LogP contribution in [-0.2, 0) is 6.54 Å². The number of benzene rings is 2. The molecule has 0 aliphatic rings. The highest BCUT2D eigenvalue weighted by atomic mass is 79.9. The number of furan rings is 1. The Morgan fingerprint density at radius 2 is 2.05 bits per heavy atom. The fourth-order valence-corrected chi connectivity index (χ4v) is 2.66. The van der Waals surface area contributed by atoms with Gasteiger partial charge in [-0.05, 0) is 34.1 Å². The van der Waals surface area contributed by atoms with E-state index in [0.717, 1.165) is 22.2 Å². The summed E-state index contributed by atoms with van der Waals surface area (Å²) in [6.45, 7) is 0.585. The molecule has 0 radical (unpaired) electrons. The number of rotatable bonds is 4. The predicted molar refractivity (Wildman–Crippen MR) is 84.3 cm³/mol. The quantitative estimate of drug-likeness (QED) is 0.548. The third-order valence-corrected chi connectivity index (χ3v) is 3.82. The van der Waals surface area contributed by atoms with Crippen molar-refractivity contribution in [1.82, 2.24) is 0 Å². The van der Waals surface area contributed by atoms with Gasteiger partial charge in [0.05, 0.1) is 15.7 Å². The number of hydrogen-bond donors (Lipinski definition) is 1. The minimum absolute atomic E-state index is 0.0503. The van der Waals surface area contributed by atoms with E-state index in [9.17, 15) is 10.1 Å². The topological polar surface area (TPSA) is 68.3 Å². The average Bonchev–Trinajstić information content (AvgIpc) is 2.88. The minimum Gasteiger partial charge on any atom is -0.464 e. The second kappa shape index (κ2) is 5.57. The Morgan fingerprint density at radius 3 is 2.81 bits per heavy atom. The van der Waals surface area contributed by atoms with Gasteiger partial charge >= 0.3 is 0 Å². The molecule has 0 saturated heterocycles. The Hall–Kier alpha value is -2.34. The van der Waals surface area contributed by atoms with E-state index in [1.165, 1.54) is 6.07 Å². The number of hydrogen-bond acceptors (Lipinski definition) is 4. The SMILES string of the molecule is O=[N+]([O-])c1ccc(NCc2coc3ccccc23)cc1Br. The average molecular weight is 347 g/mol. The van der Waals surface area contributed by atoms with E-state index in [4.69, 9.17) is 4.42 Å². The van der Waals surface area contributed by atoms with Crippen LogP contribution in [0.4, 0.5) is 11.4 Å². The Morgan fingerprint density at radius 1 is 1.24 bits per heavy atom. The van der Waals surface area contributed by atoms with Crippen LogP contribution in [0.15, 0.2) is 57.6 Å². The van der Waals surface area contributed by atoms with Gasteiger partial charge in [0, 0.05) is 29.2 Å². The highest BCUT2D eigenvalue weighted by Gasteiger charge is 2.12. The number of para-hydroxylation sites is 1. The zero-order valence-corrected chi connectivity index (χ0v) is 12.5. The maximum atomic E-state index is 10.8. The Balaban J connectivity index is 1.79. The molecule has 0 bridgehead atoms. The summed E-state index contributed by atoms with van der Waals surface area (Å²) < 4.78 is 5.93. The number of halogens is 1. The van der Waals surface area contributed by atoms with Gasteiger partial charge in [0.25, 0.3) is 5.69 Å². The van der Waals surface area contributed by atoms with Crippen LogP contribution in [0.1, 0.15) is 5.56 Å². The molecule has 0 aliphatic carbocycles. The van der Waals surface area contributed by atoms with E-state index in [1.807, 2.05) is 24.3 Å². The first-order chi connectivity index (χ1) is 10.1. The standard InChI is InChI=1S/C15H11BrN2O3/c16-13-7-11(5-6-14(13)18(19)20)17-8-10-9-21-15-4-2-1-3-12(10)15/h1-7,9,17H,8H2. The molecule has 21 heavy (non-hydrogen) atoms. The van der Waals surface area contributed by atoms with Crippen LogP contribution >= 0.6 is 15.9 Å². The fraction of sp³-hybridized carbons (Fsp3) is 0.0667. The van der Waals surface area contributed by atoms with Gasteiger partial charge in [-0.1, -0.05) is 18.2 Å². The highest BCUT2D eigenvalue weighted by Crippen LogP contribution is 2.28. The smallest absolute Gasteiger partial charge is 0.283 e. The molecule has 0 atom stereocenters. The summed E-state index contributed by atoms with van der Waals surface area (Å²) in [6.07, 6.45) is 1.72.